The molecule has 5 nitrogen and oxygen atoms in total. The van der Waals surface area contributed by atoms with E-state index in [1.54, 1.807) is 37.4 Å². The molecule has 140 valence electrons. The third-order valence-electron chi connectivity index (χ3n) is 6.47. The fourth-order valence-corrected chi connectivity index (χ4v) is 6.45. The number of nitrogens with zero attached hydrogens (tertiary/aromatic N) is 1. The molecule has 1 N–H and O–H groups in total. The average Bonchev–Trinajstić information content (AvgIpc) is 3.29. The molecule has 0 aromatic heterocycles. The van der Waals surface area contributed by atoms with E-state index < -0.39 is 10.0 Å². The summed E-state index contributed by atoms with van der Waals surface area (Å²) in [7, 11) is -2.00. The summed E-state index contributed by atoms with van der Waals surface area (Å²) in [6, 6.07) is 12.5. The van der Waals surface area contributed by atoms with Gasteiger partial charge < -0.3 is 5.32 Å². The highest BCUT2D eigenvalue weighted by Gasteiger charge is 2.40. The quantitative estimate of drug-likeness (QED) is 0.866. The van der Waals surface area contributed by atoms with Gasteiger partial charge in [-0.15, -0.1) is 0 Å². The molecule has 0 radical (unpaired) electrons. The Morgan fingerprint density at radius 2 is 1.89 bits per heavy atom. The van der Waals surface area contributed by atoms with Crippen molar-refractivity contribution in [2.24, 2.45) is 11.8 Å². The number of benzene rings is 2. The molecule has 3 aliphatic rings. The second kappa shape index (κ2) is 5.83. The fourth-order valence-electron chi connectivity index (χ4n) is 5.03. The van der Waals surface area contributed by atoms with Crippen LogP contribution in [0.3, 0.4) is 0 Å². The smallest absolute Gasteiger partial charge is 0.264 e. The van der Waals surface area contributed by atoms with Gasteiger partial charge in [0.05, 0.1) is 10.6 Å². The van der Waals surface area contributed by atoms with Crippen LogP contribution in [-0.2, 0) is 10.0 Å². The van der Waals surface area contributed by atoms with E-state index >= 15 is 0 Å². The Kier molecular flexibility index (Phi) is 3.63. The zero-order chi connectivity index (χ0) is 18.8. The predicted molar refractivity (Wildman–Crippen MR) is 104 cm³/mol. The molecular weight excluding hydrogens is 360 g/mol. The molecule has 3 unspecified atom stereocenters. The number of anilines is 1. The minimum Gasteiger partial charge on any atom is -0.349 e. The number of hydrogen-bond acceptors (Lipinski definition) is 3. The molecule has 6 heteroatoms. The number of hydrogen-bond donors (Lipinski definition) is 1. The number of carbonyl (C=O) groups excluding carboxylic acids is 1. The fraction of sp³-hybridized carbons (Fsp3) is 0.381. The Morgan fingerprint density at radius 1 is 1.07 bits per heavy atom. The Hall–Kier alpha value is -2.34. The molecule has 3 atom stereocenters. The van der Waals surface area contributed by atoms with Gasteiger partial charge in [0, 0.05) is 29.8 Å². The number of carbonyl (C=O) groups is 1. The zero-order valence-electron chi connectivity index (χ0n) is 15.2. The maximum atomic E-state index is 12.8. The highest BCUT2D eigenvalue weighted by atomic mass is 32.2. The van der Waals surface area contributed by atoms with Crippen LogP contribution < -0.4 is 9.62 Å². The van der Waals surface area contributed by atoms with Gasteiger partial charge in [0.15, 0.2) is 0 Å². The minimum atomic E-state index is -3.56. The first-order chi connectivity index (χ1) is 12.9. The third kappa shape index (κ3) is 2.50. The summed E-state index contributed by atoms with van der Waals surface area (Å²) in [6.07, 6.45) is 4.85. The molecule has 27 heavy (non-hydrogen) atoms. The molecule has 2 bridgehead atoms. The van der Waals surface area contributed by atoms with E-state index in [-0.39, 0.29) is 16.8 Å². The largest absolute Gasteiger partial charge is 0.349 e. The SMILES string of the molecule is CN1c2ccc(C(=O)NC3CC4CCC3C4)cc2-c2ccccc2S1(=O)=O. The lowest BCUT2D eigenvalue weighted by molar-refractivity contribution is 0.0923. The molecule has 2 fully saturated rings. The van der Waals surface area contributed by atoms with Crippen LogP contribution in [0.4, 0.5) is 5.69 Å². The molecule has 1 heterocycles. The van der Waals surface area contributed by atoms with Gasteiger partial charge in [-0.3, -0.25) is 9.10 Å². The summed E-state index contributed by atoms with van der Waals surface area (Å²) in [6.45, 7) is 0. The molecule has 2 aromatic carbocycles. The van der Waals surface area contributed by atoms with Crippen molar-refractivity contribution in [2.75, 3.05) is 11.4 Å². The Bertz CT molecular complexity index is 1050. The average molecular weight is 382 g/mol. The summed E-state index contributed by atoms with van der Waals surface area (Å²) in [5.41, 5.74) is 2.62. The second-order valence-corrected chi connectivity index (χ2v) is 9.89. The molecule has 2 saturated carbocycles. The minimum absolute atomic E-state index is 0.0658. The molecule has 1 aliphatic heterocycles. The molecular formula is C21H22N2O3S. The van der Waals surface area contributed by atoms with Crippen LogP contribution in [-0.4, -0.2) is 27.4 Å². The van der Waals surface area contributed by atoms with Crippen molar-refractivity contribution < 1.29 is 13.2 Å². The van der Waals surface area contributed by atoms with Crippen molar-refractivity contribution in [3.63, 3.8) is 0 Å². The Morgan fingerprint density at radius 3 is 2.63 bits per heavy atom. The van der Waals surface area contributed by atoms with E-state index in [0.717, 1.165) is 17.9 Å². The lowest BCUT2D eigenvalue weighted by Crippen LogP contribution is -2.38. The number of rotatable bonds is 2. The molecule has 2 aliphatic carbocycles. The van der Waals surface area contributed by atoms with Gasteiger partial charge in [-0.25, -0.2) is 8.42 Å². The molecule has 0 spiro atoms. The molecule has 1 amide bonds. The highest BCUT2D eigenvalue weighted by Crippen LogP contribution is 2.45. The molecule has 2 aromatic rings. The summed E-state index contributed by atoms with van der Waals surface area (Å²) in [5, 5.41) is 3.21. The maximum absolute atomic E-state index is 12.8. The zero-order valence-corrected chi connectivity index (χ0v) is 16.0. The van der Waals surface area contributed by atoms with Gasteiger partial charge in [0.1, 0.15) is 0 Å². The first-order valence-electron chi connectivity index (χ1n) is 9.48. The Labute approximate surface area is 159 Å². The third-order valence-corrected chi connectivity index (χ3v) is 8.30. The van der Waals surface area contributed by atoms with Gasteiger partial charge in [-0.2, -0.15) is 0 Å². The molecule has 0 saturated heterocycles. The summed E-state index contributed by atoms with van der Waals surface area (Å²) < 4.78 is 26.8. The van der Waals surface area contributed by atoms with Crippen molar-refractivity contribution in [1.82, 2.24) is 5.32 Å². The maximum Gasteiger partial charge on any atom is 0.264 e. The van der Waals surface area contributed by atoms with Gasteiger partial charge >= 0.3 is 0 Å². The second-order valence-electron chi connectivity index (χ2n) is 7.96. The van der Waals surface area contributed by atoms with E-state index in [9.17, 15) is 13.2 Å². The van der Waals surface area contributed by atoms with Crippen LogP contribution >= 0.6 is 0 Å². The van der Waals surface area contributed by atoms with Crippen LogP contribution in [0.1, 0.15) is 36.0 Å². The van der Waals surface area contributed by atoms with Crippen LogP contribution in [0.15, 0.2) is 47.4 Å². The van der Waals surface area contributed by atoms with Gasteiger partial charge in [0.2, 0.25) is 0 Å². The van der Waals surface area contributed by atoms with E-state index in [0.29, 0.717) is 22.7 Å². The monoisotopic (exact) mass is 382 g/mol. The van der Waals surface area contributed by atoms with E-state index in [2.05, 4.69) is 5.32 Å². The van der Waals surface area contributed by atoms with Crippen molar-refractivity contribution in [3.8, 4) is 11.1 Å². The summed E-state index contributed by atoms with van der Waals surface area (Å²) in [5.74, 6) is 1.33. The van der Waals surface area contributed by atoms with Crippen LogP contribution in [0, 0.1) is 11.8 Å². The van der Waals surface area contributed by atoms with Crippen molar-refractivity contribution >= 4 is 21.6 Å². The van der Waals surface area contributed by atoms with Crippen LogP contribution in [0.5, 0.6) is 0 Å². The summed E-state index contributed by atoms with van der Waals surface area (Å²) >= 11 is 0. The van der Waals surface area contributed by atoms with E-state index in [4.69, 9.17) is 0 Å². The van der Waals surface area contributed by atoms with Crippen LogP contribution in [0.25, 0.3) is 11.1 Å². The summed E-state index contributed by atoms with van der Waals surface area (Å²) in [4.78, 5) is 13.1. The highest BCUT2D eigenvalue weighted by molar-refractivity contribution is 7.93. The van der Waals surface area contributed by atoms with E-state index in [1.807, 2.05) is 12.1 Å². The first kappa shape index (κ1) is 16.8. The Balaban J connectivity index is 1.51. The topological polar surface area (TPSA) is 66.5 Å². The normalized spacial score (nSPS) is 27.1. The van der Waals surface area contributed by atoms with Gasteiger partial charge in [0.25, 0.3) is 15.9 Å². The predicted octanol–water partition coefficient (Wildman–Crippen LogP) is 3.41. The lowest BCUT2D eigenvalue weighted by atomic mass is 9.94. The van der Waals surface area contributed by atoms with E-state index in [1.165, 1.54) is 23.6 Å². The van der Waals surface area contributed by atoms with Crippen molar-refractivity contribution in [1.29, 1.82) is 0 Å². The number of fused-ring (bicyclic) bond motifs is 5. The lowest BCUT2D eigenvalue weighted by Gasteiger charge is -2.29. The first-order valence-corrected chi connectivity index (χ1v) is 10.9. The standard InChI is InChI=1S/C21H22N2O3S/c1-23-19-9-8-15(21(24)22-18-11-13-6-7-14(18)10-13)12-17(19)16-4-2-3-5-20(16)27(23,25)26/h2-5,8-9,12-14,18H,6-7,10-11H2,1H3,(H,22,24). The number of sulfonamides is 1. The van der Waals surface area contributed by atoms with Gasteiger partial charge in [-0.1, -0.05) is 24.6 Å². The van der Waals surface area contributed by atoms with Crippen molar-refractivity contribution in [3.05, 3.63) is 48.0 Å². The van der Waals surface area contributed by atoms with Crippen molar-refractivity contribution in [2.45, 2.75) is 36.6 Å². The van der Waals surface area contributed by atoms with Crippen LogP contribution in [0.2, 0.25) is 0 Å². The van der Waals surface area contributed by atoms with Gasteiger partial charge in [-0.05, 0) is 55.4 Å². The molecule has 5 rings (SSSR count). The number of amides is 1. The number of nitrogens with one attached hydrogen (secondary N) is 1.